The highest BCUT2D eigenvalue weighted by Gasteiger charge is 2.02. The van der Waals surface area contributed by atoms with Gasteiger partial charge in [0.25, 0.3) is 0 Å². The molecule has 0 aliphatic rings. The van der Waals surface area contributed by atoms with Crippen LogP contribution in [0.25, 0.3) is 0 Å². The Kier molecular flexibility index (Phi) is 22.8. The minimum absolute atomic E-state index is 1.28. The van der Waals surface area contributed by atoms with E-state index in [-0.39, 0.29) is 0 Å². The molecule has 0 spiro atoms. The van der Waals surface area contributed by atoms with Crippen LogP contribution in [0.4, 0.5) is 0 Å². The highest BCUT2D eigenvalue weighted by Crippen LogP contribution is 2.22. The third kappa shape index (κ3) is 19.1. The topological polar surface area (TPSA) is 0 Å². The highest BCUT2D eigenvalue weighted by molar-refractivity contribution is 5.11. The number of unbranched alkanes of at least 4 members (excludes halogenated alkanes) is 17. The van der Waals surface area contributed by atoms with Crippen molar-refractivity contribution in [2.24, 2.45) is 0 Å². The fourth-order valence-corrected chi connectivity index (χ4v) is 4.40. The van der Waals surface area contributed by atoms with Gasteiger partial charge in [-0.2, -0.15) is 0 Å². The SMILES string of the molecule is CCCCCCCCCCCC/C(C)=C(/CC)CCCCCCCCCCC. The van der Waals surface area contributed by atoms with E-state index in [9.17, 15) is 0 Å². The molecule has 0 aromatic rings. The van der Waals surface area contributed by atoms with E-state index in [1.165, 1.54) is 141 Å². The predicted octanol–water partition coefficient (Wildman–Crippen LogP) is 10.9. The first-order chi connectivity index (χ1) is 13.8. The lowest BCUT2D eigenvalue weighted by Crippen LogP contribution is -1.91. The van der Waals surface area contributed by atoms with E-state index < -0.39 is 0 Å². The molecule has 0 aliphatic carbocycles. The second-order valence-corrected chi connectivity index (χ2v) is 9.25. The summed E-state index contributed by atoms with van der Waals surface area (Å²) in [5.74, 6) is 0. The van der Waals surface area contributed by atoms with Gasteiger partial charge in [-0.05, 0) is 39.0 Å². The van der Waals surface area contributed by atoms with Crippen LogP contribution in [0, 0.1) is 0 Å². The van der Waals surface area contributed by atoms with Gasteiger partial charge in [-0.15, -0.1) is 0 Å². The Hall–Kier alpha value is -0.260. The van der Waals surface area contributed by atoms with Crippen molar-refractivity contribution >= 4 is 0 Å². The average Bonchev–Trinajstić information content (AvgIpc) is 2.70. The monoisotopic (exact) mass is 392 g/mol. The molecule has 0 rings (SSSR count). The summed E-state index contributed by atoms with van der Waals surface area (Å²) in [4.78, 5) is 0. The summed E-state index contributed by atoms with van der Waals surface area (Å²) in [6.07, 6.45) is 31.4. The zero-order valence-corrected chi connectivity index (χ0v) is 20.6. The summed E-state index contributed by atoms with van der Waals surface area (Å²) >= 11 is 0. The smallest absolute Gasteiger partial charge is 0.0318 e. The van der Waals surface area contributed by atoms with E-state index in [0.29, 0.717) is 0 Å². The van der Waals surface area contributed by atoms with Gasteiger partial charge in [-0.25, -0.2) is 0 Å². The van der Waals surface area contributed by atoms with Crippen LogP contribution in [0.3, 0.4) is 0 Å². The Balaban J connectivity index is 3.59. The largest absolute Gasteiger partial charge is 0.0741 e. The second kappa shape index (κ2) is 23.0. The average molecular weight is 393 g/mol. The Labute approximate surface area is 180 Å². The molecule has 0 N–H and O–H groups in total. The normalized spacial score (nSPS) is 12.4. The second-order valence-electron chi connectivity index (χ2n) is 9.25. The first kappa shape index (κ1) is 27.7. The molecule has 0 saturated heterocycles. The molecular formula is C28H56. The lowest BCUT2D eigenvalue weighted by molar-refractivity contribution is 0.553. The van der Waals surface area contributed by atoms with Crippen molar-refractivity contribution in [3.05, 3.63) is 11.1 Å². The van der Waals surface area contributed by atoms with Crippen LogP contribution in [-0.2, 0) is 0 Å². The number of rotatable bonds is 22. The van der Waals surface area contributed by atoms with E-state index in [4.69, 9.17) is 0 Å². The maximum atomic E-state index is 2.42. The van der Waals surface area contributed by atoms with Crippen molar-refractivity contribution < 1.29 is 0 Å². The Morgan fingerprint density at radius 3 is 1.07 bits per heavy atom. The van der Waals surface area contributed by atoms with Gasteiger partial charge in [0.1, 0.15) is 0 Å². The van der Waals surface area contributed by atoms with E-state index in [2.05, 4.69) is 27.7 Å². The van der Waals surface area contributed by atoms with Crippen molar-refractivity contribution in [3.63, 3.8) is 0 Å². The lowest BCUT2D eigenvalue weighted by atomic mass is 9.95. The number of hydrogen-bond donors (Lipinski definition) is 0. The molecule has 168 valence electrons. The van der Waals surface area contributed by atoms with Gasteiger partial charge >= 0.3 is 0 Å². The highest BCUT2D eigenvalue weighted by atomic mass is 14.1. The Morgan fingerprint density at radius 2 is 0.714 bits per heavy atom. The quantitative estimate of drug-likeness (QED) is 0.127. The molecule has 0 aromatic heterocycles. The summed E-state index contributed by atoms with van der Waals surface area (Å²) in [6.45, 7) is 9.39. The molecule has 0 aromatic carbocycles. The molecule has 0 aliphatic heterocycles. The van der Waals surface area contributed by atoms with Gasteiger partial charge in [0, 0.05) is 0 Å². The van der Waals surface area contributed by atoms with Crippen LogP contribution < -0.4 is 0 Å². The lowest BCUT2D eigenvalue weighted by Gasteiger charge is -2.11. The molecule has 0 radical (unpaired) electrons. The first-order valence-corrected chi connectivity index (χ1v) is 13.4. The van der Waals surface area contributed by atoms with Gasteiger partial charge in [0.2, 0.25) is 0 Å². The van der Waals surface area contributed by atoms with Crippen molar-refractivity contribution in [1.29, 1.82) is 0 Å². The summed E-state index contributed by atoms with van der Waals surface area (Å²) in [6, 6.07) is 0. The zero-order valence-electron chi connectivity index (χ0n) is 20.6. The van der Waals surface area contributed by atoms with E-state index in [1.54, 1.807) is 11.1 Å². The van der Waals surface area contributed by atoms with E-state index >= 15 is 0 Å². The van der Waals surface area contributed by atoms with Crippen molar-refractivity contribution in [2.75, 3.05) is 0 Å². The minimum atomic E-state index is 1.28. The predicted molar refractivity (Wildman–Crippen MR) is 131 cm³/mol. The van der Waals surface area contributed by atoms with Crippen LogP contribution in [0.15, 0.2) is 11.1 Å². The maximum Gasteiger partial charge on any atom is -0.0318 e. The van der Waals surface area contributed by atoms with E-state index in [1.807, 2.05) is 0 Å². The molecule has 0 unspecified atom stereocenters. The molecular weight excluding hydrogens is 336 g/mol. The molecule has 0 bridgehead atoms. The van der Waals surface area contributed by atoms with Crippen LogP contribution in [0.5, 0.6) is 0 Å². The van der Waals surface area contributed by atoms with Crippen LogP contribution in [0.1, 0.15) is 169 Å². The van der Waals surface area contributed by atoms with Gasteiger partial charge < -0.3 is 0 Å². The molecule has 0 saturated carbocycles. The van der Waals surface area contributed by atoms with Crippen molar-refractivity contribution in [2.45, 2.75) is 169 Å². The van der Waals surface area contributed by atoms with Gasteiger partial charge in [-0.1, -0.05) is 141 Å². The molecule has 0 heterocycles. The Bertz CT molecular complexity index is 325. The standard InChI is InChI=1S/C28H56/c1-5-8-10-12-14-16-18-19-21-23-25-27(4)28(7-3)26-24-22-20-17-15-13-11-9-6-2/h5-26H2,1-4H3/b28-27-. The molecule has 0 amide bonds. The van der Waals surface area contributed by atoms with E-state index in [0.717, 1.165) is 0 Å². The third-order valence-electron chi connectivity index (χ3n) is 6.52. The molecule has 0 fully saturated rings. The third-order valence-corrected chi connectivity index (χ3v) is 6.52. The summed E-state index contributed by atoms with van der Waals surface area (Å²) in [7, 11) is 0. The molecule has 0 atom stereocenters. The summed E-state index contributed by atoms with van der Waals surface area (Å²) < 4.78 is 0. The fraction of sp³-hybridized carbons (Fsp3) is 0.929. The van der Waals surface area contributed by atoms with Crippen LogP contribution in [-0.4, -0.2) is 0 Å². The zero-order chi connectivity index (χ0) is 20.7. The first-order valence-electron chi connectivity index (χ1n) is 13.4. The molecule has 0 nitrogen and oxygen atoms in total. The van der Waals surface area contributed by atoms with Crippen LogP contribution >= 0.6 is 0 Å². The Morgan fingerprint density at radius 1 is 0.393 bits per heavy atom. The summed E-state index contributed by atoms with van der Waals surface area (Å²) in [5.41, 5.74) is 3.50. The van der Waals surface area contributed by atoms with Gasteiger partial charge in [-0.3, -0.25) is 0 Å². The minimum Gasteiger partial charge on any atom is -0.0741 e. The van der Waals surface area contributed by atoms with Gasteiger partial charge in [0.15, 0.2) is 0 Å². The summed E-state index contributed by atoms with van der Waals surface area (Å²) in [5, 5.41) is 0. The van der Waals surface area contributed by atoms with Crippen LogP contribution in [0.2, 0.25) is 0 Å². The maximum absolute atomic E-state index is 2.42. The van der Waals surface area contributed by atoms with Crippen molar-refractivity contribution in [3.8, 4) is 0 Å². The van der Waals surface area contributed by atoms with Gasteiger partial charge in [0.05, 0.1) is 0 Å². The fourth-order valence-electron chi connectivity index (χ4n) is 4.40. The molecule has 28 heavy (non-hydrogen) atoms. The number of allylic oxidation sites excluding steroid dienone is 2. The molecule has 0 heteroatoms. The van der Waals surface area contributed by atoms with Crippen molar-refractivity contribution in [1.82, 2.24) is 0 Å². The number of hydrogen-bond acceptors (Lipinski definition) is 0.